The SMILES string of the molecule is Cc1nnc(COC(=O)c2ccc(N3C[C@H](C)C[C@@H](C)C3)c([N+](=O)[O-])c2)o1. The van der Waals surface area contributed by atoms with E-state index in [0.717, 1.165) is 19.5 Å². The predicted molar refractivity (Wildman–Crippen MR) is 96.4 cm³/mol. The van der Waals surface area contributed by atoms with Gasteiger partial charge in [0.25, 0.3) is 11.6 Å². The smallest absolute Gasteiger partial charge is 0.338 e. The van der Waals surface area contributed by atoms with Gasteiger partial charge in [0.05, 0.1) is 10.5 Å². The molecule has 2 aromatic rings. The summed E-state index contributed by atoms with van der Waals surface area (Å²) in [4.78, 5) is 25.4. The maximum atomic E-state index is 12.2. The fourth-order valence-corrected chi connectivity index (χ4v) is 3.53. The Balaban J connectivity index is 1.78. The van der Waals surface area contributed by atoms with Crippen LogP contribution in [0.5, 0.6) is 0 Å². The summed E-state index contributed by atoms with van der Waals surface area (Å²) in [5.74, 6) is 0.766. The number of benzene rings is 1. The number of hydrogen-bond acceptors (Lipinski definition) is 8. The van der Waals surface area contributed by atoms with Gasteiger partial charge in [-0.1, -0.05) is 13.8 Å². The molecule has 2 atom stereocenters. The van der Waals surface area contributed by atoms with E-state index in [0.29, 0.717) is 23.4 Å². The molecule has 0 unspecified atom stereocenters. The number of rotatable bonds is 5. The molecule has 0 spiro atoms. The van der Waals surface area contributed by atoms with Gasteiger partial charge in [0.1, 0.15) is 5.69 Å². The summed E-state index contributed by atoms with van der Waals surface area (Å²) in [7, 11) is 0. The molecule has 1 saturated heterocycles. The fraction of sp³-hybridized carbons (Fsp3) is 0.500. The van der Waals surface area contributed by atoms with E-state index in [1.807, 2.05) is 4.90 Å². The highest BCUT2D eigenvalue weighted by Gasteiger charge is 2.28. The van der Waals surface area contributed by atoms with Gasteiger partial charge in [0.15, 0.2) is 6.61 Å². The number of nitro groups is 1. The molecule has 144 valence electrons. The van der Waals surface area contributed by atoms with Crippen molar-refractivity contribution >= 4 is 17.3 Å². The first kappa shape index (κ1) is 18.8. The second-order valence-corrected chi connectivity index (χ2v) is 7.10. The minimum atomic E-state index is -0.680. The zero-order chi connectivity index (χ0) is 19.6. The van der Waals surface area contributed by atoms with Crippen LogP contribution >= 0.6 is 0 Å². The van der Waals surface area contributed by atoms with Crippen molar-refractivity contribution < 1.29 is 18.9 Å². The number of aromatic nitrogens is 2. The summed E-state index contributed by atoms with van der Waals surface area (Å²) < 4.78 is 10.2. The van der Waals surface area contributed by atoms with Crippen molar-refractivity contribution in [2.24, 2.45) is 11.8 Å². The Hall–Kier alpha value is -2.97. The maximum Gasteiger partial charge on any atom is 0.338 e. The highest BCUT2D eigenvalue weighted by atomic mass is 16.6. The molecule has 0 aliphatic carbocycles. The summed E-state index contributed by atoms with van der Waals surface area (Å²) >= 11 is 0. The Bertz CT molecular complexity index is 840. The zero-order valence-corrected chi connectivity index (χ0v) is 15.5. The van der Waals surface area contributed by atoms with Crippen molar-refractivity contribution in [2.45, 2.75) is 33.8 Å². The molecule has 0 saturated carbocycles. The van der Waals surface area contributed by atoms with Gasteiger partial charge >= 0.3 is 5.97 Å². The van der Waals surface area contributed by atoms with Gasteiger partial charge < -0.3 is 14.1 Å². The van der Waals surface area contributed by atoms with Crippen LogP contribution in [-0.4, -0.2) is 34.2 Å². The average Bonchev–Trinajstić information content (AvgIpc) is 3.03. The summed E-state index contributed by atoms with van der Waals surface area (Å²) in [5.41, 5.74) is 0.543. The minimum Gasteiger partial charge on any atom is -0.452 e. The van der Waals surface area contributed by atoms with Gasteiger partial charge in [-0.05, 0) is 30.4 Å². The summed E-state index contributed by atoms with van der Waals surface area (Å²) in [6, 6.07) is 4.44. The van der Waals surface area contributed by atoms with E-state index in [2.05, 4.69) is 24.0 Å². The molecule has 27 heavy (non-hydrogen) atoms. The van der Waals surface area contributed by atoms with Crippen molar-refractivity contribution in [1.82, 2.24) is 10.2 Å². The lowest BCUT2D eigenvalue weighted by Gasteiger charge is -2.36. The standard InChI is InChI=1S/C18H22N4O5/c1-11-6-12(2)9-21(8-11)15-5-4-14(7-16(15)22(24)25)18(23)26-10-17-20-19-13(3)27-17/h4-5,7,11-12H,6,8-10H2,1-3H3/t11-,12-/m1/s1. The normalized spacial score (nSPS) is 19.7. The second-order valence-electron chi connectivity index (χ2n) is 7.10. The van der Waals surface area contributed by atoms with Crippen molar-refractivity contribution in [2.75, 3.05) is 18.0 Å². The van der Waals surface area contributed by atoms with Crippen LogP contribution in [0.15, 0.2) is 22.6 Å². The Morgan fingerprint density at radius 1 is 1.33 bits per heavy atom. The summed E-state index contributed by atoms with van der Waals surface area (Å²) in [6.45, 7) is 7.23. The largest absolute Gasteiger partial charge is 0.452 e. The number of nitro benzene ring substituents is 1. The van der Waals surface area contributed by atoms with E-state index >= 15 is 0 Å². The van der Waals surface area contributed by atoms with Crippen LogP contribution in [0.1, 0.15) is 42.4 Å². The molecule has 9 heteroatoms. The minimum absolute atomic E-state index is 0.0978. The maximum absolute atomic E-state index is 12.2. The lowest BCUT2D eigenvalue weighted by molar-refractivity contribution is -0.384. The third-order valence-electron chi connectivity index (χ3n) is 4.51. The number of aryl methyl sites for hydroxylation is 1. The van der Waals surface area contributed by atoms with Crippen molar-refractivity contribution in [3.63, 3.8) is 0 Å². The topological polar surface area (TPSA) is 112 Å². The van der Waals surface area contributed by atoms with Gasteiger partial charge in [-0.2, -0.15) is 0 Å². The molecule has 0 amide bonds. The van der Waals surface area contributed by atoms with Crippen LogP contribution in [-0.2, 0) is 11.3 Å². The molecular formula is C18H22N4O5. The average molecular weight is 374 g/mol. The van der Waals surface area contributed by atoms with Crippen LogP contribution in [0.4, 0.5) is 11.4 Å². The highest BCUT2D eigenvalue weighted by molar-refractivity contribution is 5.91. The predicted octanol–water partition coefficient (Wildman–Crippen LogP) is 3.13. The number of carbonyl (C=O) groups excluding carboxylic acids is 1. The Morgan fingerprint density at radius 2 is 2.04 bits per heavy atom. The number of ether oxygens (including phenoxy) is 1. The number of nitrogens with zero attached hydrogens (tertiary/aromatic N) is 4. The quantitative estimate of drug-likeness (QED) is 0.446. The third kappa shape index (κ3) is 4.42. The molecule has 9 nitrogen and oxygen atoms in total. The van der Waals surface area contributed by atoms with Crippen LogP contribution in [0.2, 0.25) is 0 Å². The third-order valence-corrected chi connectivity index (χ3v) is 4.51. The van der Waals surface area contributed by atoms with Crippen molar-refractivity contribution in [1.29, 1.82) is 0 Å². The molecule has 0 N–H and O–H groups in total. The lowest BCUT2D eigenvalue weighted by Crippen LogP contribution is -2.39. The van der Waals surface area contributed by atoms with Crippen molar-refractivity contribution in [3.05, 3.63) is 45.7 Å². The van der Waals surface area contributed by atoms with Crippen LogP contribution in [0, 0.1) is 28.9 Å². The van der Waals surface area contributed by atoms with Gasteiger partial charge in [-0.15, -0.1) is 10.2 Å². The molecular weight excluding hydrogens is 352 g/mol. The Labute approximate surface area is 156 Å². The van der Waals surface area contributed by atoms with E-state index in [1.54, 1.807) is 19.1 Å². The first-order chi connectivity index (χ1) is 12.8. The monoisotopic (exact) mass is 374 g/mol. The van der Waals surface area contributed by atoms with E-state index in [-0.39, 0.29) is 23.7 Å². The zero-order valence-electron chi connectivity index (χ0n) is 15.5. The lowest BCUT2D eigenvalue weighted by atomic mass is 9.91. The first-order valence-electron chi connectivity index (χ1n) is 8.83. The first-order valence-corrected chi connectivity index (χ1v) is 8.83. The Kier molecular flexibility index (Phi) is 5.38. The Morgan fingerprint density at radius 3 is 2.63 bits per heavy atom. The highest BCUT2D eigenvalue weighted by Crippen LogP contribution is 2.34. The number of anilines is 1. The molecule has 0 radical (unpaired) electrons. The van der Waals surface area contributed by atoms with E-state index in [1.165, 1.54) is 6.07 Å². The molecule has 3 rings (SSSR count). The van der Waals surface area contributed by atoms with E-state index in [9.17, 15) is 14.9 Å². The molecule has 1 fully saturated rings. The second kappa shape index (κ2) is 7.73. The van der Waals surface area contributed by atoms with Crippen LogP contribution in [0.3, 0.4) is 0 Å². The summed E-state index contributed by atoms with van der Waals surface area (Å²) in [5, 5.41) is 19.0. The van der Waals surface area contributed by atoms with Gasteiger partial charge in [-0.3, -0.25) is 10.1 Å². The van der Waals surface area contributed by atoms with E-state index in [4.69, 9.17) is 9.15 Å². The molecule has 1 aromatic carbocycles. The number of hydrogen-bond donors (Lipinski definition) is 0. The van der Waals surface area contributed by atoms with Crippen LogP contribution in [0.25, 0.3) is 0 Å². The number of carbonyl (C=O) groups is 1. The van der Waals surface area contributed by atoms with E-state index < -0.39 is 10.9 Å². The molecule has 1 aliphatic rings. The van der Waals surface area contributed by atoms with Crippen molar-refractivity contribution in [3.8, 4) is 0 Å². The fourth-order valence-electron chi connectivity index (χ4n) is 3.53. The van der Waals surface area contributed by atoms with Gasteiger partial charge in [0, 0.05) is 26.1 Å². The van der Waals surface area contributed by atoms with Crippen LogP contribution < -0.4 is 4.90 Å². The molecule has 1 aliphatic heterocycles. The number of esters is 1. The molecule has 0 bridgehead atoms. The van der Waals surface area contributed by atoms with Gasteiger partial charge in [-0.25, -0.2) is 4.79 Å². The molecule has 2 heterocycles. The van der Waals surface area contributed by atoms with Gasteiger partial charge in [0.2, 0.25) is 5.89 Å². The summed E-state index contributed by atoms with van der Waals surface area (Å²) in [6.07, 6.45) is 1.10. The molecule has 1 aromatic heterocycles. The number of piperidine rings is 1.